The summed E-state index contributed by atoms with van der Waals surface area (Å²) in [7, 11) is 0. The van der Waals surface area contributed by atoms with Crippen LogP contribution >= 0.6 is 0 Å². The van der Waals surface area contributed by atoms with E-state index in [2.05, 4.69) is 18.7 Å². The summed E-state index contributed by atoms with van der Waals surface area (Å²) in [4.78, 5) is 13.6. The first kappa shape index (κ1) is 10.7. The van der Waals surface area contributed by atoms with E-state index in [9.17, 15) is 4.79 Å². The normalized spacial score (nSPS) is 26.0. The van der Waals surface area contributed by atoms with E-state index in [0.717, 1.165) is 19.6 Å². The van der Waals surface area contributed by atoms with Crippen molar-refractivity contribution in [1.29, 1.82) is 0 Å². The van der Waals surface area contributed by atoms with Crippen molar-refractivity contribution in [2.45, 2.75) is 39.3 Å². The van der Waals surface area contributed by atoms with E-state index in [1.165, 1.54) is 0 Å². The minimum absolute atomic E-state index is 0.0255. The Morgan fingerprint density at radius 1 is 1.54 bits per heavy atom. The molecule has 0 radical (unpaired) electrons. The monoisotopic (exact) mass is 185 g/mol. The van der Waals surface area contributed by atoms with Gasteiger partial charge in [-0.1, -0.05) is 0 Å². The molecule has 0 bridgehead atoms. The summed E-state index contributed by atoms with van der Waals surface area (Å²) < 4.78 is 5.39. The van der Waals surface area contributed by atoms with Gasteiger partial charge in [-0.3, -0.25) is 9.69 Å². The van der Waals surface area contributed by atoms with Crippen LogP contribution in [-0.2, 0) is 9.53 Å². The van der Waals surface area contributed by atoms with Gasteiger partial charge in [0.15, 0.2) is 0 Å². The van der Waals surface area contributed by atoms with E-state index in [1.807, 2.05) is 0 Å². The molecular weight excluding hydrogens is 166 g/mol. The molecule has 1 heterocycles. The molecule has 76 valence electrons. The van der Waals surface area contributed by atoms with Gasteiger partial charge in [0.2, 0.25) is 0 Å². The molecule has 0 aromatic carbocycles. The van der Waals surface area contributed by atoms with Crippen LogP contribution in [0.25, 0.3) is 0 Å². The maximum Gasteiger partial charge on any atom is 0.149 e. The molecule has 1 aliphatic heterocycles. The van der Waals surface area contributed by atoms with Gasteiger partial charge < -0.3 is 4.74 Å². The molecule has 1 rings (SSSR count). The first-order valence-corrected chi connectivity index (χ1v) is 4.97. The molecule has 0 saturated carbocycles. The van der Waals surface area contributed by atoms with Gasteiger partial charge in [0.05, 0.1) is 12.6 Å². The molecular formula is C10H19NO2. The van der Waals surface area contributed by atoms with Gasteiger partial charge in [-0.25, -0.2) is 0 Å². The lowest BCUT2D eigenvalue weighted by Crippen LogP contribution is -2.46. The first-order valence-electron chi connectivity index (χ1n) is 4.97. The SMILES string of the molecule is CC(=O)C1COCCCN1C(C)C. The van der Waals surface area contributed by atoms with Crippen LogP contribution in [0.3, 0.4) is 0 Å². The Morgan fingerprint density at radius 3 is 2.77 bits per heavy atom. The van der Waals surface area contributed by atoms with Gasteiger partial charge in [-0.2, -0.15) is 0 Å². The highest BCUT2D eigenvalue weighted by atomic mass is 16.5. The second kappa shape index (κ2) is 4.72. The molecule has 1 unspecified atom stereocenters. The Kier molecular flexibility index (Phi) is 3.88. The molecule has 1 aliphatic rings. The average Bonchev–Trinajstić information content (AvgIpc) is 2.27. The number of Topliss-reactive ketones (excluding diaryl/α,β-unsaturated/α-hetero) is 1. The minimum atomic E-state index is -0.0255. The third kappa shape index (κ3) is 2.78. The highest BCUT2D eigenvalue weighted by Crippen LogP contribution is 2.11. The highest BCUT2D eigenvalue weighted by molar-refractivity contribution is 5.81. The number of carbonyl (C=O) groups excluding carboxylic acids is 1. The zero-order chi connectivity index (χ0) is 9.84. The number of rotatable bonds is 2. The van der Waals surface area contributed by atoms with Crippen LogP contribution in [0.1, 0.15) is 27.2 Å². The van der Waals surface area contributed by atoms with E-state index < -0.39 is 0 Å². The maximum absolute atomic E-state index is 11.3. The molecule has 1 atom stereocenters. The maximum atomic E-state index is 11.3. The summed E-state index contributed by atoms with van der Waals surface area (Å²) in [6, 6.07) is 0.401. The molecule has 0 aromatic rings. The second-order valence-corrected chi connectivity index (χ2v) is 3.89. The molecule has 0 N–H and O–H groups in total. The van der Waals surface area contributed by atoms with Crippen molar-refractivity contribution < 1.29 is 9.53 Å². The van der Waals surface area contributed by atoms with Crippen molar-refractivity contribution >= 4 is 5.78 Å². The van der Waals surface area contributed by atoms with E-state index in [-0.39, 0.29) is 11.8 Å². The second-order valence-electron chi connectivity index (χ2n) is 3.89. The zero-order valence-electron chi connectivity index (χ0n) is 8.75. The topological polar surface area (TPSA) is 29.5 Å². The Balaban J connectivity index is 2.66. The fourth-order valence-corrected chi connectivity index (χ4v) is 1.76. The molecule has 3 nitrogen and oxygen atoms in total. The largest absolute Gasteiger partial charge is 0.379 e. The van der Waals surface area contributed by atoms with Gasteiger partial charge >= 0.3 is 0 Å². The molecule has 0 spiro atoms. The van der Waals surface area contributed by atoms with E-state index in [4.69, 9.17) is 4.74 Å². The molecule has 0 aromatic heterocycles. The Bertz CT molecular complexity index is 180. The van der Waals surface area contributed by atoms with Crippen LogP contribution in [0.15, 0.2) is 0 Å². The van der Waals surface area contributed by atoms with E-state index in [0.29, 0.717) is 12.6 Å². The summed E-state index contributed by atoms with van der Waals surface area (Å²) in [6.07, 6.45) is 1.03. The minimum Gasteiger partial charge on any atom is -0.379 e. The van der Waals surface area contributed by atoms with Crippen LogP contribution in [0.5, 0.6) is 0 Å². The van der Waals surface area contributed by atoms with Crippen molar-refractivity contribution in [3.05, 3.63) is 0 Å². The molecule has 3 heteroatoms. The van der Waals surface area contributed by atoms with Crippen LogP contribution in [0.4, 0.5) is 0 Å². The number of hydrogen-bond acceptors (Lipinski definition) is 3. The lowest BCUT2D eigenvalue weighted by molar-refractivity contribution is -0.124. The summed E-state index contributed by atoms with van der Waals surface area (Å²) in [5, 5.41) is 0. The van der Waals surface area contributed by atoms with Gasteiger partial charge in [0.1, 0.15) is 5.78 Å². The summed E-state index contributed by atoms with van der Waals surface area (Å²) >= 11 is 0. The number of hydrogen-bond donors (Lipinski definition) is 0. The summed E-state index contributed by atoms with van der Waals surface area (Å²) in [5.41, 5.74) is 0. The molecule has 1 saturated heterocycles. The van der Waals surface area contributed by atoms with Gasteiger partial charge in [-0.15, -0.1) is 0 Å². The Morgan fingerprint density at radius 2 is 2.23 bits per heavy atom. The van der Waals surface area contributed by atoms with Crippen molar-refractivity contribution in [1.82, 2.24) is 4.90 Å². The molecule has 13 heavy (non-hydrogen) atoms. The number of ether oxygens (including phenoxy) is 1. The van der Waals surface area contributed by atoms with Crippen molar-refractivity contribution in [3.63, 3.8) is 0 Å². The fourth-order valence-electron chi connectivity index (χ4n) is 1.76. The van der Waals surface area contributed by atoms with Gasteiger partial charge in [0, 0.05) is 19.2 Å². The highest BCUT2D eigenvalue weighted by Gasteiger charge is 2.26. The quantitative estimate of drug-likeness (QED) is 0.644. The summed E-state index contributed by atoms with van der Waals surface area (Å²) in [5.74, 6) is 0.218. The van der Waals surface area contributed by atoms with Crippen LogP contribution < -0.4 is 0 Å². The van der Waals surface area contributed by atoms with Crippen molar-refractivity contribution in [2.75, 3.05) is 19.8 Å². The smallest absolute Gasteiger partial charge is 0.149 e. The number of nitrogens with zero attached hydrogens (tertiary/aromatic N) is 1. The predicted octanol–water partition coefficient (Wildman–Crippen LogP) is 1.07. The lowest BCUT2D eigenvalue weighted by Gasteiger charge is -2.30. The van der Waals surface area contributed by atoms with E-state index in [1.54, 1.807) is 6.92 Å². The number of ketones is 1. The number of carbonyl (C=O) groups is 1. The van der Waals surface area contributed by atoms with Crippen molar-refractivity contribution in [2.24, 2.45) is 0 Å². The molecule has 0 aliphatic carbocycles. The fraction of sp³-hybridized carbons (Fsp3) is 0.900. The standard InChI is InChI=1S/C10H19NO2/c1-8(2)11-5-4-6-13-7-10(11)9(3)12/h8,10H,4-7H2,1-3H3. The van der Waals surface area contributed by atoms with Gasteiger partial charge in [-0.05, 0) is 27.2 Å². The summed E-state index contributed by atoms with van der Waals surface area (Å²) in [6.45, 7) is 8.22. The average molecular weight is 185 g/mol. The van der Waals surface area contributed by atoms with Crippen LogP contribution in [0, 0.1) is 0 Å². The lowest BCUT2D eigenvalue weighted by atomic mass is 10.1. The third-order valence-electron chi connectivity index (χ3n) is 2.51. The zero-order valence-corrected chi connectivity index (χ0v) is 8.75. The third-order valence-corrected chi connectivity index (χ3v) is 2.51. The predicted molar refractivity (Wildman–Crippen MR) is 51.7 cm³/mol. The first-order chi connectivity index (χ1) is 6.13. The Hall–Kier alpha value is -0.410. The molecule has 0 amide bonds. The van der Waals surface area contributed by atoms with Crippen LogP contribution in [0.2, 0.25) is 0 Å². The van der Waals surface area contributed by atoms with Crippen LogP contribution in [-0.4, -0.2) is 42.5 Å². The Labute approximate surface area is 80.1 Å². The van der Waals surface area contributed by atoms with E-state index >= 15 is 0 Å². The van der Waals surface area contributed by atoms with Gasteiger partial charge in [0.25, 0.3) is 0 Å². The van der Waals surface area contributed by atoms with Crippen molar-refractivity contribution in [3.8, 4) is 0 Å². The molecule has 1 fully saturated rings.